The van der Waals surface area contributed by atoms with Crippen LogP contribution < -0.4 is 10.1 Å². The van der Waals surface area contributed by atoms with E-state index in [0.29, 0.717) is 19.0 Å². The molecule has 1 fully saturated rings. The monoisotopic (exact) mass is 299 g/mol. The van der Waals surface area contributed by atoms with Gasteiger partial charge in [0.25, 0.3) is 0 Å². The Morgan fingerprint density at radius 1 is 1.59 bits per heavy atom. The van der Waals surface area contributed by atoms with E-state index in [9.17, 15) is 4.79 Å². The van der Waals surface area contributed by atoms with E-state index in [2.05, 4.69) is 21.2 Å². The molecule has 1 aromatic rings. The minimum Gasteiger partial charge on any atom is -0.497 e. The average molecular weight is 300 g/mol. The van der Waals surface area contributed by atoms with E-state index >= 15 is 0 Å². The fourth-order valence-electron chi connectivity index (χ4n) is 1.70. The predicted molar refractivity (Wildman–Crippen MR) is 68.2 cm³/mol. The number of carbonyl (C=O) groups is 1. The van der Waals surface area contributed by atoms with Gasteiger partial charge in [0.1, 0.15) is 5.75 Å². The molecule has 1 aliphatic heterocycles. The highest BCUT2D eigenvalue weighted by Gasteiger charge is 2.23. The molecule has 4 nitrogen and oxygen atoms in total. The van der Waals surface area contributed by atoms with Gasteiger partial charge in [0.05, 0.1) is 25.3 Å². The number of carbonyl (C=O) groups excluding carboxylic acids is 1. The summed E-state index contributed by atoms with van der Waals surface area (Å²) in [6.45, 7) is 1.17. The van der Waals surface area contributed by atoms with Gasteiger partial charge in [0.2, 0.25) is 5.91 Å². The van der Waals surface area contributed by atoms with Crippen LogP contribution in [0, 0.1) is 5.92 Å². The summed E-state index contributed by atoms with van der Waals surface area (Å²) in [5.74, 6) is 0.663. The van der Waals surface area contributed by atoms with Gasteiger partial charge in [-0.3, -0.25) is 4.79 Å². The Hall–Kier alpha value is -1.07. The summed E-state index contributed by atoms with van der Waals surface area (Å²) in [5.41, 5.74) is 0.723. The number of rotatable bonds is 3. The smallest absolute Gasteiger partial charge is 0.229 e. The molecule has 0 spiro atoms. The van der Waals surface area contributed by atoms with Crippen LogP contribution in [0.2, 0.25) is 0 Å². The predicted octanol–water partition coefficient (Wildman–Crippen LogP) is 2.43. The maximum Gasteiger partial charge on any atom is 0.229 e. The highest BCUT2D eigenvalue weighted by atomic mass is 79.9. The van der Waals surface area contributed by atoms with Crippen molar-refractivity contribution >= 4 is 27.5 Å². The Morgan fingerprint density at radius 2 is 2.41 bits per heavy atom. The molecular weight excluding hydrogens is 286 g/mol. The number of hydrogen-bond acceptors (Lipinski definition) is 3. The van der Waals surface area contributed by atoms with Crippen LogP contribution in [-0.2, 0) is 9.53 Å². The first-order chi connectivity index (χ1) is 8.20. The summed E-state index contributed by atoms with van der Waals surface area (Å²) in [6.07, 6.45) is 0.785. The number of anilines is 1. The molecule has 1 heterocycles. The number of nitrogens with one attached hydrogen (secondary N) is 1. The molecular formula is C12H14BrNO3. The maximum absolute atomic E-state index is 11.9. The van der Waals surface area contributed by atoms with E-state index in [4.69, 9.17) is 9.47 Å². The highest BCUT2D eigenvalue weighted by molar-refractivity contribution is 9.10. The molecule has 17 heavy (non-hydrogen) atoms. The van der Waals surface area contributed by atoms with Crippen molar-refractivity contribution in [3.8, 4) is 5.75 Å². The summed E-state index contributed by atoms with van der Waals surface area (Å²) in [7, 11) is 1.60. The van der Waals surface area contributed by atoms with Gasteiger partial charge in [-0.1, -0.05) is 0 Å². The van der Waals surface area contributed by atoms with Crippen molar-refractivity contribution in [2.45, 2.75) is 6.42 Å². The molecule has 1 unspecified atom stereocenters. The van der Waals surface area contributed by atoms with Crippen LogP contribution >= 0.6 is 15.9 Å². The zero-order valence-corrected chi connectivity index (χ0v) is 11.1. The van der Waals surface area contributed by atoms with Crippen LogP contribution in [0.1, 0.15) is 6.42 Å². The van der Waals surface area contributed by atoms with Crippen molar-refractivity contribution in [2.75, 3.05) is 25.6 Å². The third kappa shape index (κ3) is 2.98. The third-order valence-corrected chi connectivity index (χ3v) is 3.42. The van der Waals surface area contributed by atoms with Gasteiger partial charge in [0.15, 0.2) is 0 Å². The van der Waals surface area contributed by atoms with E-state index in [1.165, 1.54) is 0 Å². The molecule has 1 atom stereocenters. The molecule has 0 aromatic heterocycles. The lowest BCUT2D eigenvalue weighted by Gasteiger charge is -2.12. The average Bonchev–Trinajstić information content (AvgIpc) is 2.85. The zero-order valence-electron chi connectivity index (χ0n) is 9.53. The first-order valence-electron chi connectivity index (χ1n) is 5.43. The molecule has 1 aromatic carbocycles. The Kier molecular flexibility index (Phi) is 4.02. The van der Waals surface area contributed by atoms with Crippen LogP contribution in [0.4, 0.5) is 5.69 Å². The highest BCUT2D eigenvalue weighted by Crippen LogP contribution is 2.28. The van der Waals surface area contributed by atoms with E-state index in [0.717, 1.165) is 16.6 Å². The summed E-state index contributed by atoms with van der Waals surface area (Å²) in [4.78, 5) is 11.9. The molecule has 0 bridgehead atoms. The zero-order chi connectivity index (χ0) is 12.3. The van der Waals surface area contributed by atoms with Gasteiger partial charge in [-0.25, -0.2) is 0 Å². The van der Waals surface area contributed by atoms with E-state index < -0.39 is 0 Å². The number of methoxy groups -OCH3 is 1. The van der Waals surface area contributed by atoms with Crippen LogP contribution in [0.25, 0.3) is 0 Å². The summed E-state index contributed by atoms with van der Waals surface area (Å²) in [5, 5.41) is 2.88. The molecule has 0 aliphatic carbocycles. The lowest BCUT2D eigenvalue weighted by Crippen LogP contribution is -2.23. The second-order valence-corrected chi connectivity index (χ2v) is 4.75. The van der Waals surface area contributed by atoms with E-state index in [1.54, 1.807) is 13.2 Å². The van der Waals surface area contributed by atoms with Gasteiger partial charge in [-0.2, -0.15) is 0 Å². The largest absolute Gasteiger partial charge is 0.497 e. The first-order valence-corrected chi connectivity index (χ1v) is 6.22. The van der Waals surface area contributed by atoms with Crippen molar-refractivity contribution < 1.29 is 14.3 Å². The normalized spacial score (nSPS) is 19.1. The topological polar surface area (TPSA) is 47.6 Å². The number of halogens is 1. The number of ether oxygens (including phenoxy) is 2. The lowest BCUT2D eigenvalue weighted by atomic mass is 10.1. The van der Waals surface area contributed by atoms with Gasteiger partial charge < -0.3 is 14.8 Å². The van der Waals surface area contributed by atoms with Crippen molar-refractivity contribution in [3.63, 3.8) is 0 Å². The Labute approximate surface area is 108 Å². The first kappa shape index (κ1) is 12.4. The van der Waals surface area contributed by atoms with Gasteiger partial charge in [-0.15, -0.1) is 0 Å². The number of amides is 1. The van der Waals surface area contributed by atoms with Crippen molar-refractivity contribution in [3.05, 3.63) is 22.7 Å². The molecule has 2 rings (SSSR count). The minimum absolute atomic E-state index is 0.00328. The lowest BCUT2D eigenvalue weighted by molar-refractivity contribution is -0.119. The molecule has 1 saturated heterocycles. The number of benzene rings is 1. The van der Waals surface area contributed by atoms with Crippen LogP contribution in [0.15, 0.2) is 22.7 Å². The molecule has 0 radical (unpaired) electrons. The second-order valence-electron chi connectivity index (χ2n) is 3.90. The van der Waals surface area contributed by atoms with Crippen LogP contribution in [0.3, 0.4) is 0 Å². The maximum atomic E-state index is 11.9. The van der Waals surface area contributed by atoms with E-state index in [-0.39, 0.29) is 11.8 Å². The molecule has 1 aliphatic rings. The Morgan fingerprint density at radius 3 is 3.06 bits per heavy atom. The van der Waals surface area contributed by atoms with Crippen LogP contribution in [-0.4, -0.2) is 26.2 Å². The SMILES string of the molecule is COc1ccc(Br)c(NC(=O)C2CCOC2)c1. The summed E-state index contributed by atoms with van der Waals surface area (Å²) < 4.78 is 11.2. The Balaban J connectivity index is 2.09. The third-order valence-electron chi connectivity index (χ3n) is 2.73. The molecule has 5 heteroatoms. The van der Waals surface area contributed by atoms with Crippen LogP contribution in [0.5, 0.6) is 5.75 Å². The van der Waals surface area contributed by atoms with Crippen molar-refractivity contribution in [1.82, 2.24) is 0 Å². The van der Waals surface area contributed by atoms with Crippen molar-refractivity contribution in [1.29, 1.82) is 0 Å². The van der Waals surface area contributed by atoms with Gasteiger partial charge in [-0.05, 0) is 34.5 Å². The Bertz CT molecular complexity index is 416. The van der Waals surface area contributed by atoms with Gasteiger partial charge in [0, 0.05) is 17.1 Å². The summed E-state index contributed by atoms with van der Waals surface area (Å²) >= 11 is 3.40. The minimum atomic E-state index is -0.0481. The van der Waals surface area contributed by atoms with Crippen molar-refractivity contribution in [2.24, 2.45) is 5.92 Å². The molecule has 92 valence electrons. The fraction of sp³-hybridized carbons (Fsp3) is 0.417. The number of hydrogen-bond donors (Lipinski definition) is 1. The molecule has 0 saturated carbocycles. The molecule has 1 N–H and O–H groups in total. The second kappa shape index (κ2) is 5.51. The quantitative estimate of drug-likeness (QED) is 0.932. The summed E-state index contributed by atoms with van der Waals surface area (Å²) in [6, 6.07) is 5.47. The van der Waals surface area contributed by atoms with Gasteiger partial charge >= 0.3 is 0 Å². The molecule has 1 amide bonds. The fourth-order valence-corrected chi connectivity index (χ4v) is 2.05. The standard InChI is InChI=1S/C12H14BrNO3/c1-16-9-2-3-10(13)11(6-9)14-12(15)8-4-5-17-7-8/h2-3,6,8H,4-5,7H2,1H3,(H,14,15). The van der Waals surface area contributed by atoms with E-state index in [1.807, 2.05) is 12.1 Å².